The van der Waals surface area contributed by atoms with Gasteiger partial charge in [-0.05, 0) is 18.9 Å². The average Bonchev–Trinajstić information content (AvgIpc) is 2.11. The van der Waals surface area contributed by atoms with Gasteiger partial charge in [-0.15, -0.1) is 0 Å². The van der Waals surface area contributed by atoms with Crippen LogP contribution in [0.1, 0.15) is 24.9 Å². The topological polar surface area (TPSA) is 65.1 Å². The van der Waals surface area contributed by atoms with E-state index in [1.807, 2.05) is 13.8 Å². The Kier molecular flexibility index (Phi) is 3.06. The summed E-state index contributed by atoms with van der Waals surface area (Å²) < 4.78 is 1.39. The van der Waals surface area contributed by atoms with E-state index in [9.17, 15) is 9.59 Å². The standard InChI is InChI=1S/C10H14N2O2/c1-3-8(10(11)14)12-6-7(2)4-5-9(12)13/h4-6,8H,3H2,1-2H3,(H2,11,14). The normalized spacial score (nSPS) is 12.4. The number of nitrogens with two attached hydrogens (primary N) is 1. The Balaban J connectivity index is 3.22. The van der Waals surface area contributed by atoms with Crippen molar-refractivity contribution in [2.24, 2.45) is 5.73 Å². The van der Waals surface area contributed by atoms with Crippen LogP contribution in [0, 0.1) is 6.92 Å². The van der Waals surface area contributed by atoms with Gasteiger partial charge in [0.2, 0.25) is 5.91 Å². The van der Waals surface area contributed by atoms with Crippen molar-refractivity contribution < 1.29 is 4.79 Å². The molecule has 1 rings (SSSR count). The average molecular weight is 194 g/mol. The van der Waals surface area contributed by atoms with Crippen LogP contribution in [0.5, 0.6) is 0 Å². The van der Waals surface area contributed by atoms with Crippen molar-refractivity contribution >= 4 is 5.91 Å². The van der Waals surface area contributed by atoms with Crippen molar-refractivity contribution in [3.05, 3.63) is 34.2 Å². The van der Waals surface area contributed by atoms with E-state index >= 15 is 0 Å². The van der Waals surface area contributed by atoms with Crippen molar-refractivity contribution in [2.75, 3.05) is 0 Å². The summed E-state index contributed by atoms with van der Waals surface area (Å²) in [5.41, 5.74) is 5.94. The van der Waals surface area contributed by atoms with Gasteiger partial charge < -0.3 is 10.3 Å². The smallest absolute Gasteiger partial charge is 0.251 e. The van der Waals surface area contributed by atoms with E-state index in [1.165, 1.54) is 10.6 Å². The molecule has 0 bridgehead atoms. The second-order valence-electron chi connectivity index (χ2n) is 3.28. The van der Waals surface area contributed by atoms with E-state index in [-0.39, 0.29) is 5.56 Å². The molecule has 0 aromatic carbocycles. The lowest BCUT2D eigenvalue weighted by Gasteiger charge is -2.14. The van der Waals surface area contributed by atoms with Crippen molar-refractivity contribution in [1.29, 1.82) is 0 Å². The molecule has 0 saturated carbocycles. The minimum atomic E-state index is -0.539. The Morgan fingerprint density at radius 2 is 2.21 bits per heavy atom. The Morgan fingerprint density at radius 1 is 1.57 bits per heavy atom. The number of hydrogen-bond donors (Lipinski definition) is 1. The first-order chi connectivity index (χ1) is 6.56. The molecule has 0 aliphatic heterocycles. The number of hydrogen-bond acceptors (Lipinski definition) is 2. The van der Waals surface area contributed by atoms with Crippen LogP contribution in [-0.4, -0.2) is 10.5 Å². The number of pyridine rings is 1. The maximum absolute atomic E-state index is 11.4. The first kappa shape index (κ1) is 10.5. The number of nitrogens with zero attached hydrogens (tertiary/aromatic N) is 1. The summed E-state index contributed by atoms with van der Waals surface area (Å²) in [6, 6.07) is 2.62. The molecule has 0 aliphatic carbocycles. The second-order valence-corrected chi connectivity index (χ2v) is 3.28. The van der Waals surface area contributed by atoms with Crippen molar-refractivity contribution in [2.45, 2.75) is 26.3 Å². The van der Waals surface area contributed by atoms with Crippen LogP contribution in [0.25, 0.3) is 0 Å². The Hall–Kier alpha value is -1.58. The molecule has 0 saturated heterocycles. The molecule has 1 unspecified atom stereocenters. The second kappa shape index (κ2) is 4.09. The molecule has 1 aromatic rings. The zero-order valence-electron chi connectivity index (χ0n) is 8.36. The van der Waals surface area contributed by atoms with Crippen LogP contribution in [0.15, 0.2) is 23.1 Å². The molecule has 1 heterocycles. The molecule has 0 aliphatic rings. The monoisotopic (exact) mass is 194 g/mol. The highest BCUT2D eigenvalue weighted by atomic mass is 16.2. The molecule has 0 fully saturated rings. The molecular weight excluding hydrogens is 180 g/mol. The summed E-state index contributed by atoms with van der Waals surface area (Å²) >= 11 is 0. The van der Waals surface area contributed by atoms with Crippen LogP contribution in [0.3, 0.4) is 0 Å². The predicted octanol–water partition coefficient (Wildman–Crippen LogP) is 0.593. The highest BCUT2D eigenvalue weighted by Crippen LogP contribution is 2.08. The molecule has 76 valence electrons. The maximum atomic E-state index is 11.4. The number of carbonyl (C=O) groups is 1. The summed E-state index contributed by atoms with van der Waals surface area (Å²) in [5, 5.41) is 0. The molecule has 0 radical (unpaired) electrons. The number of carbonyl (C=O) groups excluding carboxylic acids is 1. The quantitative estimate of drug-likeness (QED) is 0.765. The van der Waals surface area contributed by atoms with E-state index in [4.69, 9.17) is 5.73 Å². The van der Waals surface area contributed by atoms with Gasteiger partial charge in [-0.1, -0.05) is 13.0 Å². The van der Waals surface area contributed by atoms with Crippen molar-refractivity contribution in [3.63, 3.8) is 0 Å². The molecule has 1 aromatic heterocycles. The minimum Gasteiger partial charge on any atom is -0.368 e. The van der Waals surface area contributed by atoms with E-state index in [1.54, 1.807) is 12.3 Å². The third-order valence-electron chi connectivity index (χ3n) is 2.14. The minimum absolute atomic E-state index is 0.193. The third kappa shape index (κ3) is 2.02. The van der Waals surface area contributed by atoms with E-state index in [2.05, 4.69) is 0 Å². The molecule has 2 N–H and O–H groups in total. The molecule has 0 spiro atoms. The molecule has 14 heavy (non-hydrogen) atoms. The van der Waals surface area contributed by atoms with Gasteiger partial charge in [-0.25, -0.2) is 0 Å². The van der Waals surface area contributed by atoms with E-state index < -0.39 is 11.9 Å². The van der Waals surface area contributed by atoms with Gasteiger partial charge in [-0.3, -0.25) is 9.59 Å². The number of rotatable bonds is 3. The lowest BCUT2D eigenvalue weighted by molar-refractivity contribution is -0.121. The van der Waals surface area contributed by atoms with Crippen LogP contribution in [-0.2, 0) is 4.79 Å². The first-order valence-corrected chi connectivity index (χ1v) is 4.54. The van der Waals surface area contributed by atoms with E-state index in [0.717, 1.165) is 5.56 Å². The largest absolute Gasteiger partial charge is 0.368 e. The zero-order chi connectivity index (χ0) is 10.7. The van der Waals surface area contributed by atoms with Crippen molar-refractivity contribution in [1.82, 2.24) is 4.57 Å². The highest BCUT2D eigenvalue weighted by molar-refractivity contribution is 5.78. The summed E-state index contributed by atoms with van der Waals surface area (Å²) in [7, 11) is 0. The molecule has 4 heteroatoms. The van der Waals surface area contributed by atoms with Gasteiger partial charge in [-0.2, -0.15) is 0 Å². The maximum Gasteiger partial charge on any atom is 0.251 e. The first-order valence-electron chi connectivity index (χ1n) is 4.54. The zero-order valence-corrected chi connectivity index (χ0v) is 8.36. The van der Waals surface area contributed by atoms with Crippen LogP contribution >= 0.6 is 0 Å². The van der Waals surface area contributed by atoms with Gasteiger partial charge >= 0.3 is 0 Å². The van der Waals surface area contributed by atoms with Crippen LogP contribution in [0.2, 0.25) is 0 Å². The Bertz CT molecular complexity index is 395. The predicted molar refractivity (Wildman–Crippen MR) is 54.0 cm³/mol. The fourth-order valence-electron chi connectivity index (χ4n) is 1.39. The van der Waals surface area contributed by atoms with Gasteiger partial charge in [0.1, 0.15) is 6.04 Å². The Morgan fingerprint density at radius 3 is 2.71 bits per heavy atom. The summed E-state index contributed by atoms with van der Waals surface area (Å²) in [6.07, 6.45) is 2.18. The van der Waals surface area contributed by atoms with Gasteiger partial charge in [0.25, 0.3) is 5.56 Å². The molecular formula is C10H14N2O2. The molecule has 1 atom stereocenters. The number of primary amides is 1. The summed E-state index contributed by atoms with van der Waals surface area (Å²) in [5.74, 6) is -0.472. The lowest BCUT2D eigenvalue weighted by atomic mass is 10.2. The van der Waals surface area contributed by atoms with Gasteiger partial charge in [0.15, 0.2) is 0 Å². The van der Waals surface area contributed by atoms with Crippen molar-refractivity contribution in [3.8, 4) is 0 Å². The van der Waals surface area contributed by atoms with Gasteiger partial charge in [0.05, 0.1) is 0 Å². The van der Waals surface area contributed by atoms with E-state index in [0.29, 0.717) is 6.42 Å². The summed E-state index contributed by atoms with van der Waals surface area (Å²) in [6.45, 7) is 3.69. The fourth-order valence-corrected chi connectivity index (χ4v) is 1.39. The lowest BCUT2D eigenvalue weighted by Crippen LogP contribution is -2.32. The van der Waals surface area contributed by atoms with Crippen LogP contribution < -0.4 is 11.3 Å². The van der Waals surface area contributed by atoms with Crippen LogP contribution in [0.4, 0.5) is 0 Å². The number of aryl methyl sites for hydroxylation is 1. The SMILES string of the molecule is CCC(C(N)=O)n1cc(C)ccc1=O. The summed E-state index contributed by atoms with van der Waals surface area (Å²) in [4.78, 5) is 22.5. The third-order valence-corrected chi connectivity index (χ3v) is 2.14. The molecule has 4 nitrogen and oxygen atoms in total. The Labute approximate surface area is 82.3 Å². The number of amides is 1. The van der Waals surface area contributed by atoms with Gasteiger partial charge in [0, 0.05) is 12.3 Å². The molecule has 1 amide bonds. The highest BCUT2D eigenvalue weighted by Gasteiger charge is 2.15. The number of aromatic nitrogens is 1. The fraction of sp³-hybridized carbons (Fsp3) is 0.400.